The van der Waals surface area contributed by atoms with Gasteiger partial charge in [-0.2, -0.15) is 13.2 Å². The number of alkyl halides is 3. The van der Waals surface area contributed by atoms with E-state index < -0.39 is 23.6 Å². The number of amides is 1. The summed E-state index contributed by atoms with van der Waals surface area (Å²) in [5.41, 5.74) is 0.599. The maximum absolute atomic E-state index is 13.5. The zero-order chi connectivity index (χ0) is 23.6. The summed E-state index contributed by atoms with van der Waals surface area (Å²) in [5.74, 6) is -1.13. The van der Waals surface area contributed by atoms with Crippen LogP contribution in [0.3, 0.4) is 0 Å². The summed E-state index contributed by atoms with van der Waals surface area (Å²) in [5, 5.41) is 2.68. The van der Waals surface area contributed by atoms with E-state index in [9.17, 15) is 22.8 Å². The number of aryl methyl sites for hydroxylation is 1. The van der Waals surface area contributed by atoms with E-state index >= 15 is 0 Å². The molecule has 3 aromatic rings. The summed E-state index contributed by atoms with van der Waals surface area (Å²) in [6, 6.07) is 13.1. The molecule has 3 rings (SSSR count). The van der Waals surface area contributed by atoms with Crippen LogP contribution in [0.15, 0.2) is 54.6 Å². The lowest BCUT2D eigenvalue weighted by atomic mass is 10.1. The van der Waals surface area contributed by atoms with Gasteiger partial charge in [0.05, 0.1) is 34.2 Å². The Morgan fingerprint density at radius 1 is 0.969 bits per heavy atom. The Morgan fingerprint density at radius 2 is 1.59 bits per heavy atom. The first-order valence-corrected chi connectivity index (χ1v) is 9.97. The number of carbonyl (C=O) groups is 2. The highest BCUT2D eigenvalue weighted by Crippen LogP contribution is 2.35. The first-order chi connectivity index (χ1) is 15.0. The Labute approximate surface area is 183 Å². The number of anilines is 1. The molecule has 1 heterocycles. The Bertz CT molecular complexity index is 1160. The van der Waals surface area contributed by atoms with Gasteiger partial charge in [0.15, 0.2) is 0 Å². The number of benzene rings is 2. The molecule has 1 N–H and O–H groups in total. The molecule has 8 heteroatoms. The fraction of sp³-hybridized carbons (Fsp3) is 0.250. The van der Waals surface area contributed by atoms with E-state index in [0.29, 0.717) is 11.4 Å². The van der Waals surface area contributed by atoms with Crippen molar-refractivity contribution in [2.45, 2.75) is 40.0 Å². The lowest BCUT2D eigenvalue weighted by Gasteiger charge is -2.17. The van der Waals surface area contributed by atoms with Crippen LogP contribution in [0.4, 0.5) is 18.9 Å². The summed E-state index contributed by atoms with van der Waals surface area (Å²) in [7, 11) is 0. The Kier molecular flexibility index (Phi) is 6.43. The minimum absolute atomic E-state index is 0.0602. The minimum atomic E-state index is -4.54. The third-order valence-corrected chi connectivity index (χ3v) is 4.86. The summed E-state index contributed by atoms with van der Waals surface area (Å²) < 4.78 is 47.2. The predicted octanol–water partition coefficient (Wildman–Crippen LogP) is 5.93. The van der Waals surface area contributed by atoms with Gasteiger partial charge in [0.25, 0.3) is 5.91 Å². The van der Waals surface area contributed by atoms with Crippen molar-refractivity contribution >= 4 is 17.6 Å². The number of ether oxygens (including phenoxy) is 1. The molecule has 0 spiro atoms. The molecule has 0 aliphatic rings. The molecule has 168 valence electrons. The second kappa shape index (κ2) is 8.90. The van der Waals surface area contributed by atoms with Crippen molar-refractivity contribution in [1.82, 2.24) is 4.57 Å². The molecule has 0 fully saturated rings. The Hall–Kier alpha value is -3.55. The van der Waals surface area contributed by atoms with Gasteiger partial charge in [-0.25, -0.2) is 4.79 Å². The van der Waals surface area contributed by atoms with Gasteiger partial charge in [-0.15, -0.1) is 0 Å². The number of halogens is 3. The fourth-order valence-electron chi connectivity index (χ4n) is 3.51. The number of hydrogen-bond donors (Lipinski definition) is 1. The number of para-hydroxylation sites is 2. The summed E-state index contributed by atoms with van der Waals surface area (Å²) in [6.45, 7) is 6.64. The quantitative estimate of drug-likeness (QED) is 0.496. The van der Waals surface area contributed by atoms with Crippen LogP contribution in [-0.2, 0) is 10.9 Å². The molecule has 0 saturated carbocycles. The molecule has 32 heavy (non-hydrogen) atoms. The van der Waals surface area contributed by atoms with E-state index in [2.05, 4.69) is 5.32 Å². The van der Waals surface area contributed by atoms with Gasteiger partial charge in [-0.05, 0) is 58.0 Å². The number of carbonyl (C=O) groups excluding carboxylic acids is 2. The number of nitrogens with one attached hydrogen (secondary N) is 1. The van der Waals surface area contributed by atoms with E-state index in [1.807, 2.05) is 0 Å². The minimum Gasteiger partial charge on any atom is -0.459 e. The van der Waals surface area contributed by atoms with Gasteiger partial charge in [-0.1, -0.05) is 24.3 Å². The summed E-state index contributed by atoms with van der Waals surface area (Å²) >= 11 is 0. The van der Waals surface area contributed by atoms with Crippen LogP contribution in [-0.4, -0.2) is 22.5 Å². The molecular formula is C24H23F3N2O3. The second-order valence-corrected chi connectivity index (χ2v) is 7.59. The van der Waals surface area contributed by atoms with E-state index in [-0.39, 0.29) is 28.6 Å². The van der Waals surface area contributed by atoms with Crippen LogP contribution in [0.25, 0.3) is 5.69 Å². The smallest absolute Gasteiger partial charge is 0.418 e. The van der Waals surface area contributed by atoms with E-state index in [1.54, 1.807) is 45.9 Å². The van der Waals surface area contributed by atoms with E-state index in [1.165, 1.54) is 34.9 Å². The third-order valence-electron chi connectivity index (χ3n) is 4.86. The van der Waals surface area contributed by atoms with Gasteiger partial charge in [0, 0.05) is 11.4 Å². The fourth-order valence-corrected chi connectivity index (χ4v) is 3.51. The molecule has 0 saturated heterocycles. The zero-order valence-electron chi connectivity index (χ0n) is 18.1. The average molecular weight is 444 g/mol. The molecule has 0 unspecified atom stereocenters. The highest BCUT2D eigenvalue weighted by atomic mass is 19.4. The zero-order valence-corrected chi connectivity index (χ0v) is 18.1. The number of nitrogens with zero attached hydrogens (tertiary/aromatic N) is 1. The van der Waals surface area contributed by atoms with Crippen LogP contribution in [0.2, 0.25) is 0 Å². The van der Waals surface area contributed by atoms with Crippen molar-refractivity contribution in [2.75, 3.05) is 5.32 Å². The van der Waals surface area contributed by atoms with Crippen LogP contribution in [0.5, 0.6) is 0 Å². The molecular weight excluding hydrogens is 421 g/mol. The van der Waals surface area contributed by atoms with Crippen LogP contribution >= 0.6 is 0 Å². The van der Waals surface area contributed by atoms with Gasteiger partial charge in [0.1, 0.15) is 0 Å². The molecule has 0 bridgehead atoms. The Balaban J connectivity index is 1.98. The predicted molar refractivity (Wildman–Crippen MR) is 115 cm³/mol. The standard InChI is InChI=1S/C24H23F3N2O3/c1-14(2)32-23(31)17-9-5-7-11-20(17)28-22(30)18-13-15(3)29(16(18)4)21-12-8-6-10-19(21)24(25,26)27/h5-14H,1-4H3,(H,28,30). The molecule has 0 atom stereocenters. The molecule has 0 aliphatic heterocycles. The molecule has 1 amide bonds. The number of hydrogen-bond acceptors (Lipinski definition) is 3. The van der Waals surface area contributed by atoms with Crippen LogP contribution in [0.1, 0.15) is 51.5 Å². The first-order valence-electron chi connectivity index (χ1n) is 9.97. The summed E-state index contributed by atoms with van der Waals surface area (Å²) in [4.78, 5) is 25.4. The highest BCUT2D eigenvalue weighted by molar-refractivity contribution is 6.08. The van der Waals surface area contributed by atoms with Crippen molar-refractivity contribution in [3.05, 3.63) is 82.7 Å². The Morgan fingerprint density at radius 3 is 2.25 bits per heavy atom. The molecule has 2 aromatic carbocycles. The highest BCUT2D eigenvalue weighted by Gasteiger charge is 2.34. The molecule has 5 nitrogen and oxygen atoms in total. The van der Waals surface area contributed by atoms with Crippen LogP contribution in [0, 0.1) is 13.8 Å². The van der Waals surface area contributed by atoms with Gasteiger partial charge in [0.2, 0.25) is 0 Å². The lowest BCUT2D eigenvalue weighted by molar-refractivity contribution is -0.137. The SMILES string of the molecule is Cc1cc(C(=O)Nc2ccccc2C(=O)OC(C)C)c(C)n1-c1ccccc1C(F)(F)F. The summed E-state index contributed by atoms with van der Waals surface area (Å²) in [6.07, 6.45) is -4.88. The molecule has 0 radical (unpaired) electrons. The maximum Gasteiger partial charge on any atom is 0.418 e. The van der Waals surface area contributed by atoms with Crippen molar-refractivity contribution < 1.29 is 27.5 Å². The van der Waals surface area contributed by atoms with Crippen molar-refractivity contribution in [3.63, 3.8) is 0 Å². The van der Waals surface area contributed by atoms with Gasteiger partial charge >= 0.3 is 12.1 Å². The maximum atomic E-state index is 13.5. The monoisotopic (exact) mass is 444 g/mol. The normalized spacial score (nSPS) is 11.5. The second-order valence-electron chi connectivity index (χ2n) is 7.59. The van der Waals surface area contributed by atoms with Crippen molar-refractivity contribution in [1.29, 1.82) is 0 Å². The third kappa shape index (κ3) is 4.69. The largest absolute Gasteiger partial charge is 0.459 e. The number of rotatable bonds is 5. The number of esters is 1. The molecule has 1 aromatic heterocycles. The topological polar surface area (TPSA) is 60.3 Å². The van der Waals surface area contributed by atoms with Crippen molar-refractivity contribution in [2.24, 2.45) is 0 Å². The van der Waals surface area contributed by atoms with Gasteiger partial charge in [-0.3, -0.25) is 4.79 Å². The van der Waals surface area contributed by atoms with Gasteiger partial charge < -0.3 is 14.6 Å². The first kappa shape index (κ1) is 23.1. The molecule has 0 aliphatic carbocycles. The van der Waals surface area contributed by atoms with E-state index in [0.717, 1.165) is 6.07 Å². The van der Waals surface area contributed by atoms with Crippen LogP contribution < -0.4 is 5.32 Å². The van der Waals surface area contributed by atoms with Crippen molar-refractivity contribution in [3.8, 4) is 5.69 Å². The lowest BCUT2D eigenvalue weighted by Crippen LogP contribution is -2.18. The van der Waals surface area contributed by atoms with E-state index in [4.69, 9.17) is 4.74 Å². The number of aromatic nitrogens is 1. The average Bonchev–Trinajstić information content (AvgIpc) is 3.01.